The number of aromatic nitrogens is 2. The van der Waals surface area contributed by atoms with Crippen molar-refractivity contribution in [3.05, 3.63) is 64.5 Å². The summed E-state index contributed by atoms with van der Waals surface area (Å²) in [4.78, 5) is 4.70. The molecule has 2 heterocycles. The molecule has 1 atom stereocenters. The fourth-order valence-electron chi connectivity index (χ4n) is 3.54. The van der Waals surface area contributed by atoms with E-state index < -0.39 is 16.1 Å². The number of nitrogens with zero attached hydrogens (tertiary/aromatic N) is 3. The number of hydrogen-bond acceptors (Lipinski definition) is 5. The lowest BCUT2D eigenvalue weighted by Gasteiger charge is -2.22. The van der Waals surface area contributed by atoms with Crippen LogP contribution in [0.3, 0.4) is 0 Å². The summed E-state index contributed by atoms with van der Waals surface area (Å²) in [5.74, 6) is 0.777. The Kier molecular flexibility index (Phi) is 4.99. The number of benzene rings is 2. The van der Waals surface area contributed by atoms with Crippen molar-refractivity contribution in [2.24, 2.45) is 0 Å². The molecule has 6 nitrogen and oxygen atoms in total. The molecule has 1 aliphatic heterocycles. The van der Waals surface area contributed by atoms with Gasteiger partial charge in [0.1, 0.15) is 6.04 Å². The van der Waals surface area contributed by atoms with E-state index in [9.17, 15) is 8.42 Å². The van der Waals surface area contributed by atoms with E-state index in [2.05, 4.69) is 10.1 Å². The van der Waals surface area contributed by atoms with Crippen LogP contribution in [0.1, 0.15) is 35.9 Å². The van der Waals surface area contributed by atoms with Gasteiger partial charge in [-0.15, -0.1) is 0 Å². The zero-order valence-corrected chi connectivity index (χ0v) is 17.2. The fraction of sp³-hybridized carbons (Fsp3) is 0.300. The normalized spacial score (nSPS) is 17.9. The number of rotatable bonds is 4. The van der Waals surface area contributed by atoms with Gasteiger partial charge in [-0.1, -0.05) is 46.6 Å². The Bertz CT molecular complexity index is 1130. The second-order valence-electron chi connectivity index (χ2n) is 6.96. The van der Waals surface area contributed by atoms with Crippen molar-refractivity contribution in [3.8, 4) is 11.4 Å². The van der Waals surface area contributed by atoms with Crippen LogP contribution in [-0.2, 0) is 10.0 Å². The lowest BCUT2D eigenvalue weighted by molar-refractivity contribution is 0.290. The van der Waals surface area contributed by atoms with Crippen LogP contribution in [0.25, 0.3) is 11.4 Å². The molecule has 28 heavy (non-hydrogen) atoms. The second-order valence-corrected chi connectivity index (χ2v) is 9.23. The molecule has 2 aromatic carbocycles. The summed E-state index contributed by atoms with van der Waals surface area (Å²) in [7, 11) is -3.73. The third kappa shape index (κ3) is 3.34. The molecule has 1 saturated heterocycles. The van der Waals surface area contributed by atoms with Gasteiger partial charge in [0.2, 0.25) is 21.7 Å². The van der Waals surface area contributed by atoms with Gasteiger partial charge in [-0.05, 0) is 50.5 Å². The molecule has 8 heteroatoms. The monoisotopic (exact) mass is 417 g/mol. The summed E-state index contributed by atoms with van der Waals surface area (Å²) < 4.78 is 33.5. The van der Waals surface area contributed by atoms with Crippen molar-refractivity contribution < 1.29 is 12.9 Å². The Morgan fingerprint density at radius 1 is 1.18 bits per heavy atom. The van der Waals surface area contributed by atoms with Crippen molar-refractivity contribution in [1.82, 2.24) is 14.4 Å². The average molecular weight is 418 g/mol. The van der Waals surface area contributed by atoms with E-state index in [1.165, 1.54) is 4.31 Å². The maximum atomic E-state index is 13.3. The number of hydrogen-bond donors (Lipinski definition) is 0. The van der Waals surface area contributed by atoms with Crippen molar-refractivity contribution in [2.75, 3.05) is 6.54 Å². The zero-order chi connectivity index (χ0) is 19.9. The van der Waals surface area contributed by atoms with Crippen LogP contribution < -0.4 is 0 Å². The molecule has 0 aliphatic carbocycles. The molecular formula is C20H20ClN3O3S. The van der Waals surface area contributed by atoms with Crippen molar-refractivity contribution in [1.29, 1.82) is 0 Å². The summed E-state index contributed by atoms with van der Waals surface area (Å²) >= 11 is 6.14. The topological polar surface area (TPSA) is 76.3 Å². The standard InChI is InChI=1S/C20H20ClN3O3S/c1-13-6-3-7-15(12-13)19-22-20(27-23-19)17-9-5-11-24(17)28(25,26)18-10-4-8-16(21)14(18)2/h3-4,6-8,10,12,17H,5,9,11H2,1-2H3/t17-/m1/s1. The minimum absolute atomic E-state index is 0.213. The van der Waals surface area contributed by atoms with E-state index in [-0.39, 0.29) is 4.90 Å². The zero-order valence-electron chi connectivity index (χ0n) is 15.6. The molecule has 0 radical (unpaired) electrons. The van der Waals surface area contributed by atoms with Gasteiger partial charge in [-0.2, -0.15) is 9.29 Å². The molecule has 0 amide bonds. The van der Waals surface area contributed by atoms with E-state index in [4.69, 9.17) is 16.1 Å². The highest BCUT2D eigenvalue weighted by atomic mass is 35.5. The van der Waals surface area contributed by atoms with Gasteiger partial charge in [-0.3, -0.25) is 0 Å². The molecule has 4 rings (SSSR count). The highest BCUT2D eigenvalue weighted by Gasteiger charge is 2.40. The van der Waals surface area contributed by atoms with Crippen molar-refractivity contribution in [3.63, 3.8) is 0 Å². The molecule has 0 saturated carbocycles. The molecule has 1 aliphatic rings. The van der Waals surface area contributed by atoms with Gasteiger partial charge in [0.05, 0.1) is 4.90 Å². The smallest absolute Gasteiger partial charge is 0.245 e. The highest BCUT2D eigenvalue weighted by molar-refractivity contribution is 7.89. The maximum Gasteiger partial charge on any atom is 0.245 e. The first-order chi connectivity index (χ1) is 13.4. The summed E-state index contributed by atoms with van der Waals surface area (Å²) in [6.45, 7) is 4.10. The van der Waals surface area contributed by atoms with Gasteiger partial charge in [0, 0.05) is 17.1 Å². The predicted molar refractivity (Wildman–Crippen MR) is 107 cm³/mol. The first-order valence-corrected chi connectivity index (χ1v) is 10.9. The van der Waals surface area contributed by atoms with Crippen LogP contribution >= 0.6 is 11.6 Å². The van der Waals surface area contributed by atoms with Crippen LogP contribution in [0, 0.1) is 13.8 Å². The molecule has 0 N–H and O–H groups in total. The highest BCUT2D eigenvalue weighted by Crippen LogP contribution is 2.38. The quantitative estimate of drug-likeness (QED) is 0.623. The van der Waals surface area contributed by atoms with Crippen LogP contribution in [0.5, 0.6) is 0 Å². The van der Waals surface area contributed by atoms with E-state index in [0.717, 1.165) is 17.5 Å². The van der Waals surface area contributed by atoms with Crippen molar-refractivity contribution in [2.45, 2.75) is 37.6 Å². The summed E-state index contributed by atoms with van der Waals surface area (Å²) in [6, 6.07) is 12.2. The van der Waals surface area contributed by atoms with E-state index in [1.807, 2.05) is 31.2 Å². The minimum atomic E-state index is -3.73. The summed E-state index contributed by atoms with van der Waals surface area (Å²) in [5.41, 5.74) is 2.47. The molecule has 0 bridgehead atoms. The van der Waals surface area contributed by atoms with Crippen LogP contribution in [-0.4, -0.2) is 29.4 Å². The second kappa shape index (κ2) is 7.31. The summed E-state index contributed by atoms with van der Waals surface area (Å²) in [5, 5.41) is 4.49. The number of sulfonamides is 1. The minimum Gasteiger partial charge on any atom is -0.337 e. The SMILES string of the molecule is Cc1cccc(-c2noc([C@H]3CCCN3S(=O)(=O)c3cccc(Cl)c3C)n2)c1. The summed E-state index contributed by atoms with van der Waals surface area (Å²) in [6.07, 6.45) is 1.36. The van der Waals surface area contributed by atoms with Gasteiger partial charge >= 0.3 is 0 Å². The Hall–Kier alpha value is -2.22. The molecule has 146 valence electrons. The molecule has 3 aromatic rings. The first kappa shape index (κ1) is 19.1. The third-order valence-electron chi connectivity index (χ3n) is 5.01. The molecule has 0 unspecified atom stereocenters. The lowest BCUT2D eigenvalue weighted by Crippen LogP contribution is -2.31. The molecule has 1 aromatic heterocycles. The van der Waals surface area contributed by atoms with E-state index in [1.54, 1.807) is 25.1 Å². The van der Waals surface area contributed by atoms with Gasteiger partial charge in [0.15, 0.2) is 0 Å². The molecule has 1 fully saturated rings. The number of aryl methyl sites for hydroxylation is 1. The maximum absolute atomic E-state index is 13.3. The largest absolute Gasteiger partial charge is 0.337 e. The Morgan fingerprint density at radius 3 is 2.75 bits per heavy atom. The van der Waals surface area contributed by atoms with Gasteiger partial charge < -0.3 is 4.52 Å². The fourth-order valence-corrected chi connectivity index (χ4v) is 5.67. The Labute approximate surface area is 169 Å². The van der Waals surface area contributed by atoms with Crippen LogP contribution in [0.15, 0.2) is 51.9 Å². The van der Waals surface area contributed by atoms with E-state index in [0.29, 0.717) is 35.3 Å². The third-order valence-corrected chi connectivity index (χ3v) is 7.47. The Morgan fingerprint density at radius 2 is 1.96 bits per heavy atom. The van der Waals surface area contributed by atoms with Gasteiger partial charge in [-0.25, -0.2) is 8.42 Å². The Balaban J connectivity index is 1.68. The average Bonchev–Trinajstić information content (AvgIpc) is 3.33. The van der Waals surface area contributed by atoms with Crippen LogP contribution in [0.4, 0.5) is 0 Å². The molecule has 0 spiro atoms. The van der Waals surface area contributed by atoms with Crippen LogP contribution in [0.2, 0.25) is 5.02 Å². The van der Waals surface area contributed by atoms with Gasteiger partial charge in [0.25, 0.3) is 0 Å². The first-order valence-electron chi connectivity index (χ1n) is 9.05. The predicted octanol–water partition coefficient (Wildman–Crippen LogP) is 4.53. The van der Waals surface area contributed by atoms with E-state index >= 15 is 0 Å². The molecular weight excluding hydrogens is 398 g/mol. The number of halogens is 1. The van der Waals surface area contributed by atoms with Crippen molar-refractivity contribution >= 4 is 21.6 Å². The lowest BCUT2D eigenvalue weighted by atomic mass is 10.1.